The Morgan fingerprint density at radius 3 is 0.421 bits per heavy atom. The van der Waals surface area contributed by atoms with Gasteiger partial charge in [0, 0.05) is 0 Å². The standard InChI is InChI=1S/3C10H15.C5H9.3Ru/c3*1-6-7(2)9(4)10(5)8(6)3;1-4-5(2)3;;;/h3*1-5H3;4H,2H2,1,3H3;;;/q;;;;3*+1. The van der Waals surface area contributed by atoms with Crippen molar-refractivity contribution in [1.82, 2.24) is 0 Å². The molecule has 0 spiro atoms. The van der Waals surface area contributed by atoms with Crippen molar-refractivity contribution in [1.29, 1.82) is 0 Å². The predicted octanol–water partition coefficient (Wildman–Crippen LogP) is 10.5. The van der Waals surface area contributed by atoms with Gasteiger partial charge in [-0.2, -0.15) is 0 Å². The van der Waals surface area contributed by atoms with Crippen LogP contribution in [0.2, 0.25) is 0 Å². The van der Waals surface area contributed by atoms with Gasteiger partial charge in [-0.3, -0.25) is 0 Å². The quantitative estimate of drug-likeness (QED) is 0.233. The Kier molecular flexibility index (Phi) is 26.5. The molecule has 0 amide bonds. The van der Waals surface area contributed by atoms with Gasteiger partial charge >= 0.3 is 58.4 Å². The monoisotopic (exact) mass is 780 g/mol. The van der Waals surface area contributed by atoms with Crippen LogP contribution in [0.5, 0.6) is 0 Å². The Morgan fingerprint density at radius 1 is 0.342 bits per heavy atom. The molecular weight excluding hydrogens is 724 g/mol. The van der Waals surface area contributed by atoms with Crippen molar-refractivity contribution in [2.75, 3.05) is 0 Å². The van der Waals surface area contributed by atoms with Crippen LogP contribution in [-0.2, 0) is 58.4 Å². The fourth-order valence-corrected chi connectivity index (χ4v) is 4.22. The number of hydrogen-bond acceptors (Lipinski definition) is 0. The molecule has 0 atom stereocenters. The Hall–Kier alpha value is 1.87. The van der Waals surface area contributed by atoms with Crippen molar-refractivity contribution >= 4 is 0 Å². The maximum atomic E-state index is 3.62. The second-order valence-electron chi connectivity index (χ2n) is 10.5. The Balaban J connectivity index is -0.000000203. The van der Waals surface area contributed by atoms with Gasteiger partial charge in [0.15, 0.2) is 0 Å². The first-order chi connectivity index (χ1) is 15.9. The average Bonchev–Trinajstić information content (AvgIpc) is 3.20. The van der Waals surface area contributed by atoms with Gasteiger partial charge in [0.2, 0.25) is 0 Å². The maximum Gasteiger partial charge on any atom is 1.00 e. The van der Waals surface area contributed by atoms with E-state index in [2.05, 4.69) is 111 Å². The molecule has 0 N–H and O–H groups in total. The number of hydrogen-bond donors (Lipinski definition) is 0. The molecular formula is C35H54Ru3+3. The SMILES string of the molecule is C[C]1[C](C)[C](C)[C](C)[C]1C.C[C]1[C](C)[C](C)[C](C)[C]1C.C[C]1[C](C)[C](C)[C](C)[C]1C.[CH2][C](C)[CH]C.[Ru+].[Ru+].[Ru+]. The molecule has 3 saturated carbocycles. The van der Waals surface area contributed by atoms with E-state index in [1.54, 1.807) is 0 Å². The van der Waals surface area contributed by atoms with Gasteiger partial charge < -0.3 is 0 Å². The summed E-state index contributed by atoms with van der Waals surface area (Å²) in [5.41, 5.74) is 0. The van der Waals surface area contributed by atoms with Crippen LogP contribution in [0, 0.1) is 108 Å². The van der Waals surface area contributed by atoms with Crippen LogP contribution in [0.25, 0.3) is 0 Å². The predicted molar refractivity (Wildman–Crippen MR) is 158 cm³/mol. The van der Waals surface area contributed by atoms with Crippen LogP contribution >= 0.6 is 0 Å². The van der Waals surface area contributed by atoms with E-state index in [9.17, 15) is 0 Å². The first-order valence-corrected chi connectivity index (χ1v) is 13.0. The van der Waals surface area contributed by atoms with Crippen LogP contribution in [0.1, 0.15) is 118 Å². The molecule has 3 rings (SSSR count). The molecule has 0 aromatic heterocycles. The largest absolute Gasteiger partial charge is 1.00 e. The Morgan fingerprint density at radius 2 is 0.395 bits per heavy atom. The van der Waals surface area contributed by atoms with Crippen LogP contribution in [0.3, 0.4) is 0 Å². The molecule has 3 aliphatic rings. The zero-order chi connectivity index (χ0) is 27.9. The van der Waals surface area contributed by atoms with E-state index < -0.39 is 0 Å². The second-order valence-corrected chi connectivity index (χ2v) is 10.5. The molecule has 0 aromatic carbocycles. The molecule has 3 fully saturated rings. The van der Waals surface area contributed by atoms with E-state index in [4.69, 9.17) is 0 Å². The van der Waals surface area contributed by atoms with Crippen molar-refractivity contribution in [3.63, 3.8) is 0 Å². The fourth-order valence-electron chi connectivity index (χ4n) is 4.22. The molecule has 0 bridgehead atoms. The van der Waals surface area contributed by atoms with Crippen molar-refractivity contribution in [2.45, 2.75) is 118 Å². The molecule has 3 aliphatic carbocycles. The van der Waals surface area contributed by atoms with E-state index in [0.717, 1.165) is 5.92 Å². The third kappa shape index (κ3) is 12.6. The van der Waals surface area contributed by atoms with Gasteiger partial charge in [0.05, 0.1) is 0 Å². The van der Waals surface area contributed by atoms with Crippen molar-refractivity contribution < 1.29 is 58.4 Å². The van der Waals surface area contributed by atoms with Gasteiger partial charge in [0.1, 0.15) is 0 Å². The van der Waals surface area contributed by atoms with E-state index in [1.165, 1.54) is 88.8 Å². The van der Waals surface area contributed by atoms with Crippen LogP contribution in [0.4, 0.5) is 0 Å². The molecule has 3 heteroatoms. The summed E-state index contributed by atoms with van der Waals surface area (Å²) in [6.45, 7) is 40.6. The Labute approximate surface area is 282 Å². The minimum atomic E-state index is 0. The van der Waals surface area contributed by atoms with Crippen molar-refractivity contribution in [3.8, 4) is 0 Å². The maximum absolute atomic E-state index is 3.62. The molecule has 0 nitrogen and oxygen atoms in total. The minimum Gasteiger partial charge on any atom is -0.0617 e. The summed E-state index contributed by atoms with van der Waals surface area (Å²) >= 11 is 0. The summed E-state index contributed by atoms with van der Waals surface area (Å²) in [6, 6.07) is 0. The normalized spacial score (nSPS) is 23.8. The fraction of sp³-hybridized carbons (Fsp3) is 0.486. The summed E-state index contributed by atoms with van der Waals surface area (Å²) in [4.78, 5) is 0. The van der Waals surface area contributed by atoms with Gasteiger partial charge in [-0.05, 0) is 108 Å². The van der Waals surface area contributed by atoms with Gasteiger partial charge in [-0.1, -0.05) is 118 Å². The number of rotatable bonds is 1. The van der Waals surface area contributed by atoms with Crippen molar-refractivity contribution in [2.24, 2.45) is 0 Å². The van der Waals surface area contributed by atoms with Crippen molar-refractivity contribution in [3.05, 3.63) is 108 Å². The first kappa shape index (κ1) is 46.8. The average molecular weight is 778 g/mol. The zero-order valence-corrected chi connectivity index (χ0v) is 32.6. The zero-order valence-electron chi connectivity index (χ0n) is 27.3. The van der Waals surface area contributed by atoms with Crippen LogP contribution < -0.4 is 0 Å². The van der Waals surface area contributed by atoms with E-state index in [0.29, 0.717) is 0 Å². The second kappa shape index (κ2) is 21.5. The first-order valence-electron chi connectivity index (χ1n) is 13.0. The summed E-state index contributed by atoms with van der Waals surface area (Å²) in [5, 5.41) is 0. The topological polar surface area (TPSA) is 0 Å². The molecule has 0 aromatic rings. The van der Waals surface area contributed by atoms with E-state index in [1.807, 2.05) is 20.3 Å². The molecule has 21 radical (unpaired) electrons. The molecule has 0 aliphatic heterocycles. The van der Waals surface area contributed by atoms with Gasteiger partial charge in [0.25, 0.3) is 0 Å². The van der Waals surface area contributed by atoms with Crippen LogP contribution in [0.15, 0.2) is 0 Å². The summed E-state index contributed by atoms with van der Waals surface area (Å²) in [5.74, 6) is 23.1. The summed E-state index contributed by atoms with van der Waals surface area (Å²) in [6.07, 6.45) is 1.97. The third-order valence-corrected chi connectivity index (χ3v) is 8.93. The summed E-state index contributed by atoms with van der Waals surface area (Å²) in [7, 11) is 0. The third-order valence-electron chi connectivity index (χ3n) is 8.93. The molecule has 0 heterocycles. The van der Waals surface area contributed by atoms with E-state index >= 15 is 0 Å². The smallest absolute Gasteiger partial charge is 0.0617 e. The summed E-state index contributed by atoms with van der Waals surface area (Å²) < 4.78 is 0. The van der Waals surface area contributed by atoms with E-state index in [-0.39, 0.29) is 58.4 Å². The van der Waals surface area contributed by atoms with Gasteiger partial charge in [-0.25, -0.2) is 0 Å². The van der Waals surface area contributed by atoms with Gasteiger partial charge in [-0.15, -0.1) is 0 Å². The Bertz CT molecular complexity index is 358. The molecule has 0 unspecified atom stereocenters. The molecule has 38 heavy (non-hydrogen) atoms. The molecule has 215 valence electrons. The van der Waals surface area contributed by atoms with Crippen LogP contribution in [-0.4, -0.2) is 0 Å². The molecule has 0 saturated heterocycles. The minimum absolute atomic E-state index is 0.